The monoisotopic (exact) mass is 426 g/mol. The molecule has 0 saturated carbocycles. The summed E-state index contributed by atoms with van der Waals surface area (Å²) in [7, 11) is -3.45. The van der Waals surface area contributed by atoms with Gasteiger partial charge in [-0.25, -0.2) is 8.42 Å². The Hall–Kier alpha value is -1.60. The minimum atomic E-state index is -3.45. The summed E-state index contributed by atoms with van der Waals surface area (Å²) in [5.74, 6) is -0.379. The highest BCUT2D eigenvalue weighted by Crippen LogP contribution is 2.24. The molecule has 0 aliphatic carbocycles. The summed E-state index contributed by atoms with van der Waals surface area (Å²) in [6.45, 7) is 1.38. The van der Waals surface area contributed by atoms with Crippen molar-refractivity contribution in [2.75, 3.05) is 13.1 Å². The third-order valence-electron chi connectivity index (χ3n) is 4.52. The van der Waals surface area contributed by atoms with Gasteiger partial charge in [0.15, 0.2) is 0 Å². The fraction of sp³-hybridized carbons (Fsp3) is 0.316. The van der Waals surface area contributed by atoms with Gasteiger partial charge in [0.25, 0.3) is 5.91 Å². The summed E-state index contributed by atoms with van der Waals surface area (Å²) >= 11 is 12.1. The zero-order valence-electron chi connectivity index (χ0n) is 14.6. The van der Waals surface area contributed by atoms with E-state index in [-0.39, 0.29) is 33.0 Å². The Morgan fingerprint density at radius 2 is 1.56 bits per heavy atom. The number of hydrogen-bond donors (Lipinski definition) is 1. The normalized spacial score (nSPS) is 15.5. The van der Waals surface area contributed by atoms with Crippen molar-refractivity contribution in [3.63, 3.8) is 0 Å². The predicted molar refractivity (Wildman–Crippen MR) is 107 cm³/mol. The van der Waals surface area contributed by atoms with Gasteiger partial charge in [0, 0.05) is 19.6 Å². The molecule has 3 rings (SSSR count). The number of sulfonamides is 1. The van der Waals surface area contributed by atoms with Crippen molar-refractivity contribution in [3.8, 4) is 0 Å². The molecular formula is C19H20Cl2N2O3S. The van der Waals surface area contributed by atoms with E-state index in [1.807, 2.05) is 0 Å². The molecule has 1 heterocycles. The first-order valence-corrected chi connectivity index (χ1v) is 10.9. The number of halogens is 2. The number of nitrogens with zero attached hydrogens (tertiary/aromatic N) is 1. The van der Waals surface area contributed by atoms with Crippen molar-refractivity contribution in [2.45, 2.75) is 30.7 Å². The first kappa shape index (κ1) is 20.1. The predicted octanol–water partition coefficient (Wildman–Crippen LogP) is 4.10. The number of piperidine rings is 1. The summed E-state index contributed by atoms with van der Waals surface area (Å²) in [4.78, 5) is 12.6. The van der Waals surface area contributed by atoms with E-state index in [2.05, 4.69) is 5.32 Å². The maximum atomic E-state index is 12.7. The second kappa shape index (κ2) is 8.61. The minimum absolute atomic E-state index is 0.227. The van der Waals surface area contributed by atoms with E-state index in [4.69, 9.17) is 23.2 Å². The number of amides is 1. The smallest absolute Gasteiger partial charge is 0.254 e. The summed E-state index contributed by atoms with van der Waals surface area (Å²) in [6.07, 6.45) is 2.86. The lowest BCUT2D eigenvalue weighted by atomic mass is 10.2. The molecule has 1 aliphatic heterocycles. The van der Waals surface area contributed by atoms with Gasteiger partial charge in [-0.15, -0.1) is 0 Å². The highest BCUT2D eigenvalue weighted by atomic mass is 35.5. The molecule has 0 radical (unpaired) electrons. The lowest BCUT2D eigenvalue weighted by molar-refractivity contribution is 0.0951. The zero-order chi connectivity index (χ0) is 19.4. The van der Waals surface area contributed by atoms with Gasteiger partial charge in [-0.05, 0) is 42.7 Å². The van der Waals surface area contributed by atoms with Crippen LogP contribution in [0, 0.1) is 0 Å². The molecule has 0 bridgehead atoms. The largest absolute Gasteiger partial charge is 0.348 e. The highest BCUT2D eigenvalue weighted by Gasteiger charge is 2.25. The molecule has 144 valence electrons. The van der Waals surface area contributed by atoms with Crippen LogP contribution >= 0.6 is 23.2 Å². The van der Waals surface area contributed by atoms with Gasteiger partial charge >= 0.3 is 0 Å². The Bertz CT molecular complexity index is 904. The molecular weight excluding hydrogens is 407 g/mol. The molecule has 2 aromatic rings. The maximum Gasteiger partial charge on any atom is 0.254 e. The molecule has 1 fully saturated rings. The molecule has 0 unspecified atom stereocenters. The lowest BCUT2D eigenvalue weighted by Gasteiger charge is -2.25. The second-order valence-corrected chi connectivity index (χ2v) is 9.14. The van der Waals surface area contributed by atoms with E-state index in [0.29, 0.717) is 13.1 Å². The number of carbonyl (C=O) groups is 1. The molecule has 5 nitrogen and oxygen atoms in total. The lowest BCUT2D eigenvalue weighted by Crippen LogP contribution is -2.35. The Balaban J connectivity index is 1.66. The molecule has 27 heavy (non-hydrogen) atoms. The van der Waals surface area contributed by atoms with Crippen LogP contribution in [0.3, 0.4) is 0 Å². The summed E-state index contributed by atoms with van der Waals surface area (Å²) in [5, 5.41) is 3.31. The number of rotatable bonds is 5. The SMILES string of the molecule is O=C(NCc1ccc(S(=O)(=O)N2CCCCC2)cc1)c1c(Cl)cccc1Cl. The molecule has 1 aliphatic rings. The van der Waals surface area contributed by atoms with Gasteiger partial charge in [0.1, 0.15) is 0 Å². The topological polar surface area (TPSA) is 66.5 Å². The summed E-state index contributed by atoms with van der Waals surface area (Å²) < 4.78 is 26.8. The first-order chi connectivity index (χ1) is 12.9. The molecule has 8 heteroatoms. The molecule has 0 atom stereocenters. The van der Waals surface area contributed by atoms with Gasteiger partial charge in [-0.2, -0.15) is 4.31 Å². The van der Waals surface area contributed by atoms with Crippen LogP contribution in [0.2, 0.25) is 10.0 Å². The van der Waals surface area contributed by atoms with E-state index in [1.54, 1.807) is 42.5 Å². The van der Waals surface area contributed by atoms with Crippen LogP contribution in [0.5, 0.6) is 0 Å². The van der Waals surface area contributed by atoms with Crippen LogP contribution in [-0.4, -0.2) is 31.7 Å². The molecule has 1 saturated heterocycles. The van der Waals surface area contributed by atoms with Crippen molar-refractivity contribution < 1.29 is 13.2 Å². The van der Waals surface area contributed by atoms with E-state index >= 15 is 0 Å². The quantitative estimate of drug-likeness (QED) is 0.782. The Labute approximate surface area is 169 Å². The van der Waals surface area contributed by atoms with Crippen molar-refractivity contribution in [1.29, 1.82) is 0 Å². The van der Waals surface area contributed by atoms with Crippen LogP contribution in [0.15, 0.2) is 47.4 Å². The molecule has 1 amide bonds. The van der Waals surface area contributed by atoms with Gasteiger partial charge < -0.3 is 5.32 Å². The maximum absolute atomic E-state index is 12.7. The molecule has 1 N–H and O–H groups in total. The van der Waals surface area contributed by atoms with Gasteiger partial charge in [-0.3, -0.25) is 4.79 Å². The fourth-order valence-corrected chi connectivity index (χ4v) is 5.11. The van der Waals surface area contributed by atoms with Crippen LogP contribution in [0.1, 0.15) is 35.2 Å². The Morgan fingerprint density at radius 1 is 0.963 bits per heavy atom. The third-order valence-corrected chi connectivity index (χ3v) is 7.06. The summed E-state index contributed by atoms with van der Waals surface area (Å²) in [6, 6.07) is 11.4. The van der Waals surface area contributed by atoms with E-state index in [1.165, 1.54) is 4.31 Å². The van der Waals surface area contributed by atoms with Crippen molar-refractivity contribution in [3.05, 3.63) is 63.6 Å². The summed E-state index contributed by atoms with van der Waals surface area (Å²) in [5.41, 5.74) is 1.01. The van der Waals surface area contributed by atoms with Crippen LogP contribution < -0.4 is 5.32 Å². The third kappa shape index (κ3) is 4.63. The number of nitrogens with one attached hydrogen (secondary N) is 1. The highest BCUT2D eigenvalue weighted by molar-refractivity contribution is 7.89. The zero-order valence-corrected chi connectivity index (χ0v) is 16.9. The number of hydrogen-bond acceptors (Lipinski definition) is 3. The Morgan fingerprint density at radius 3 is 2.15 bits per heavy atom. The molecule has 0 spiro atoms. The fourth-order valence-electron chi connectivity index (χ4n) is 3.02. The number of benzene rings is 2. The van der Waals surface area contributed by atoms with E-state index in [9.17, 15) is 13.2 Å². The molecule has 2 aromatic carbocycles. The Kier molecular flexibility index (Phi) is 6.42. The average Bonchev–Trinajstić information content (AvgIpc) is 2.67. The van der Waals surface area contributed by atoms with Crippen molar-refractivity contribution >= 4 is 39.1 Å². The van der Waals surface area contributed by atoms with Gasteiger partial charge in [0.2, 0.25) is 10.0 Å². The van der Waals surface area contributed by atoms with E-state index in [0.717, 1.165) is 24.8 Å². The van der Waals surface area contributed by atoms with Crippen LogP contribution in [-0.2, 0) is 16.6 Å². The van der Waals surface area contributed by atoms with Crippen molar-refractivity contribution in [2.24, 2.45) is 0 Å². The second-order valence-electron chi connectivity index (χ2n) is 6.39. The van der Waals surface area contributed by atoms with Gasteiger partial charge in [-0.1, -0.05) is 47.8 Å². The first-order valence-electron chi connectivity index (χ1n) is 8.71. The molecule has 0 aromatic heterocycles. The standard InChI is InChI=1S/C19H20Cl2N2O3S/c20-16-5-4-6-17(21)18(16)19(24)22-13-14-7-9-15(10-8-14)27(25,26)23-11-2-1-3-12-23/h4-10H,1-3,11-13H2,(H,22,24). The van der Waals surface area contributed by atoms with E-state index < -0.39 is 10.0 Å². The number of carbonyl (C=O) groups excluding carboxylic acids is 1. The van der Waals surface area contributed by atoms with Gasteiger partial charge in [0.05, 0.1) is 20.5 Å². The van der Waals surface area contributed by atoms with Crippen molar-refractivity contribution in [1.82, 2.24) is 9.62 Å². The average molecular weight is 427 g/mol. The van der Waals surface area contributed by atoms with Crippen LogP contribution in [0.4, 0.5) is 0 Å². The van der Waals surface area contributed by atoms with Crippen LogP contribution in [0.25, 0.3) is 0 Å². The minimum Gasteiger partial charge on any atom is -0.348 e.